The lowest BCUT2D eigenvalue weighted by Gasteiger charge is -2.21. The lowest BCUT2D eigenvalue weighted by molar-refractivity contribution is 0.360. The highest BCUT2D eigenvalue weighted by Gasteiger charge is 2.14. The molecule has 1 saturated heterocycles. The van der Waals surface area contributed by atoms with Gasteiger partial charge in [0.05, 0.1) is 0 Å². The largest absolute Gasteiger partial charge is 0.368 e. The highest BCUT2D eigenvalue weighted by molar-refractivity contribution is 6.29. The number of hydrogen-bond donors (Lipinski definition) is 1. The van der Waals surface area contributed by atoms with Crippen LogP contribution in [-0.2, 0) is 0 Å². The predicted molar refractivity (Wildman–Crippen MR) is 65.8 cm³/mol. The molecule has 1 aliphatic heterocycles. The summed E-state index contributed by atoms with van der Waals surface area (Å²) in [4.78, 5) is 12.6. The summed E-state index contributed by atoms with van der Waals surface area (Å²) in [6.07, 6.45) is 1.12. The highest BCUT2D eigenvalue weighted by Crippen LogP contribution is 2.18. The molecule has 88 valence electrons. The number of nitrogen functional groups attached to an aromatic ring is 1. The Labute approximate surface area is 100 Å². The molecule has 16 heavy (non-hydrogen) atoms. The fraction of sp³-hybridized carbons (Fsp3) is 0.600. The lowest BCUT2D eigenvalue weighted by Crippen LogP contribution is -2.29. The maximum absolute atomic E-state index is 5.87. The van der Waals surface area contributed by atoms with Crippen LogP contribution in [0, 0.1) is 0 Å². The minimum Gasteiger partial charge on any atom is -0.368 e. The number of rotatable bonds is 1. The van der Waals surface area contributed by atoms with Crippen LogP contribution in [-0.4, -0.2) is 48.1 Å². The van der Waals surface area contributed by atoms with Crippen LogP contribution in [0.15, 0.2) is 6.07 Å². The van der Waals surface area contributed by atoms with Crippen molar-refractivity contribution in [1.82, 2.24) is 14.9 Å². The summed E-state index contributed by atoms with van der Waals surface area (Å²) in [6, 6.07) is 1.77. The van der Waals surface area contributed by atoms with Crippen LogP contribution in [0.2, 0.25) is 5.15 Å². The summed E-state index contributed by atoms with van der Waals surface area (Å²) in [5, 5.41) is 0.403. The van der Waals surface area contributed by atoms with E-state index < -0.39 is 0 Å². The second-order valence-electron chi connectivity index (χ2n) is 4.05. The number of aromatic nitrogens is 2. The van der Waals surface area contributed by atoms with Gasteiger partial charge in [-0.2, -0.15) is 4.98 Å². The molecular formula is C10H16ClN5. The van der Waals surface area contributed by atoms with Gasteiger partial charge in [0.15, 0.2) is 0 Å². The SMILES string of the molecule is CN1CCCN(c2cc(Cl)nc(N)n2)CC1. The number of anilines is 2. The zero-order chi connectivity index (χ0) is 11.5. The van der Waals surface area contributed by atoms with E-state index in [1.54, 1.807) is 6.07 Å². The second-order valence-corrected chi connectivity index (χ2v) is 4.44. The van der Waals surface area contributed by atoms with Crippen LogP contribution in [0.25, 0.3) is 0 Å². The molecule has 0 spiro atoms. The van der Waals surface area contributed by atoms with Crippen LogP contribution in [0.3, 0.4) is 0 Å². The van der Waals surface area contributed by atoms with E-state index in [9.17, 15) is 0 Å². The predicted octanol–water partition coefficient (Wildman–Crippen LogP) is 0.854. The normalized spacial score (nSPS) is 18.5. The van der Waals surface area contributed by atoms with Crippen molar-refractivity contribution < 1.29 is 0 Å². The molecule has 5 nitrogen and oxygen atoms in total. The van der Waals surface area contributed by atoms with Gasteiger partial charge in [0.1, 0.15) is 11.0 Å². The molecular weight excluding hydrogens is 226 g/mol. The maximum Gasteiger partial charge on any atom is 0.223 e. The van der Waals surface area contributed by atoms with Gasteiger partial charge in [-0.25, -0.2) is 4.98 Å². The van der Waals surface area contributed by atoms with E-state index in [0.717, 1.165) is 38.4 Å². The standard InChI is InChI=1S/C10H16ClN5/c1-15-3-2-4-16(6-5-15)9-7-8(11)13-10(12)14-9/h7H,2-6H2,1H3,(H2,12,13,14). The van der Waals surface area contributed by atoms with E-state index in [2.05, 4.69) is 26.8 Å². The van der Waals surface area contributed by atoms with Crippen molar-refractivity contribution in [3.05, 3.63) is 11.2 Å². The van der Waals surface area contributed by atoms with Crippen molar-refractivity contribution in [3.8, 4) is 0 Å². The summed E-state index contributed by atoms with van der Waals surface area (Å²) in [7, 11) is 2.13. The Kier molecular flexibility index (Phi) is 3.46. The van der Waals surface area contributed by atoms with Crippen LogP contribution in [0.5, 0.6) is 0 Å². The lowest BCUT2D eigenvalue weighted by atomic mass is 10.4. The molecule has 2 rings (SSSR count). The minimum atomic E-state index is 0.236. The number of hydrogen-bond acceptors (Lipinski definition) is 5. The molecule has 0 aromatic carbocycles. The van der Waals surface area contributed by atoms with Gasteiger partial charge in [-0.15, -0.1) is 0 Å². The van der Waals surface area contributed by atoms with Gasteiger partial charge in [-0.1, -0.05) is 11.6 Å². The summed E-state index contributed by atoms with van der Waals surface area (Å²) >= 11 is 5.87. The van der Waals surface area contributed by atoms with Crippen LogP contribution < -0.4 is 10.6 Å². The Morgan fingerprint density at radius 3 is 2.81 bits per heavy atom. The average molecular weight is 242 g/mol. The fourth-order valence-electron chi connectivity index (χ4n) is 1.86. The molecule has 0 saturated carbocycles. The first kappa shape index (κ1) is 11.4. The van der Waals surface area contributed by atoms with E-state index >= 15 is 0 Å². The highest BCUT2D eigenvalue weighted by atomic mass is 35.5. The van der Waals surface area contributed by atoms with Crippen LogP contribution in [0.4, 0.5) is 11.8 Å². The third-order valence-electron chi connectivity index (χ3n) is 2.74. The Hall–Kier alpha value is -1.07. The molecule has 0 bridgehead atoms. The third-order valence-corrected chi connectivity index (χ3v) is 2.94. The Balaban J connectivity index is 2.16. The molecule has 0 radical (unpaired) electrons. The number of nitrogens with zero attached hydrogens (tertiary/aromatic N) is 4. The van der Waals surface area contributed by atoms with Gasteiger partial charge in [0.2, 0.25) is 5.95 Å². The maximum atomic E-state index is 5.87. The van der Waals surface area contributed by atoms with Gasteiger partial charge in [-0.3, -0.25) is 0 Å². The molecule has 1 aromatic heterocycles. The number of nitrogens with two attached hydrogens (primary N) is 1. The zero-order valence-electron chi connectivity index (χ0n) is 9.36. The Bertz CT molecular complexity index is 350. The molecule has 2 heterocycles. The average Bonchev–Trinajstić information content (AvgIpc) is 2.41. The van der Waals surface area contributed by atoms with Crippen molar-refractivity contribution in [2.45, 2.75) is 6.42 Å². The Morgan fingerprint density at radius 2 is 2.06 bits per heavy atom. The van der Waals surface area contributed by atoms with Crippen molar-refractivity contribution in [2.24, 2.45) is 0 Å². The zero-order valence-corrected chi connectivity index (χ0v) is 10.1. The summed E-state index contributed by atoms with van der Waals surface area (Å²) in [5.74, 6) is 1.06. The molecule has 1 aliphatic rings. The molecule has 0 unspecified atom stereocenters. The smallest absolute Gasteiger partial charge is 0.223 e. The number of likely N-dealkylation sites (N-methyl/N-ethyl adjacent to an activating group) is 1. The van der Waals surface area contributed by atoms with E-state index in [1.165, 1.54) is 0 Å². The topological polar surface area (TPSA) is 58.3 Å². The first-order valence-corrected chi connectivity index (χ1v) is 5.76. The van der Waals surface area contributed by atoms with E-state index in [0.29, 0.717) is 5.15 Å². The van der Waals surface area contributed by atoms with Crippen molar-refractivity contribution in [2.75, 3.05) is 43.9 Å². The summed E-state index contributed by atoms with van der Waals surface area (Å²) in [6.45, 7) is 4.08. The molecule has 1 aromatic rings. The summed E-state index contributed by atoms with van der Waals surface area (Å²) < 4.78 is 0. The first-order chi connectivity index (χ1) is 7.65. The third kappa shape index (κ3) is 2.74. The van der Waals surface area contributed by atoms with Gasteiger partial charge in [0, 0.05) is 25.7 Å². The summed E-state index contributed by atoms with van der Waals surface area (Å²) in [5.41, 5.74) is 5.59. The van der Waals surface area contributed by atoms with E-state index in [1.807, 2.05) is 0 Å². The molecule has 0 atom stereocenters. The molecule has 2 N–H and O–H groups in total. The van der Waals surface area contributed by atoms with Gasteiger partial charge in [0.25, 0.3) is 0 Å². The Morgan fingerprint density at radius 1 is 1.25 bits per heavy atom. The van der Waals surface area contributed by atoms with Gasteiger partial charge >= 0.3 is 0 Å². The fourth-order valence-corrected chi connectivity index (χ4v) is 2.04. The van der Waals surface area contributed by atoms with E-state index in [4.69, 9.17) is 17.3 Å². The van der Waals surface area contributed by atoms with Crippen LogP contribution >= 0.6 is 11.6 Å². The van der Waals surface area contributed by atoms with Crippen molar-refractivity contribution in [1.29, 1.82) is 0 Å². The first-order valence-electron chi connectivity index (χ1n) is 5.39. The van der Waals surface area contributed by atoms with Crippen molar-refractivity contribution >= 4 is 23.4 Å². The van der Waals surface area contributed by atoms with Crippen molar-refractivity contribution in [3.63, 3.8) is 0 Å². The van der Waals surface area contributed by atoms with Crippen LogP contribution in [0.1, 0.15) is 6.42 Å². The molecule has 1 fully saturated rings. The monoisotopic (exact) mass is 241 g/mol. The van der Waals surface area contributed by atoms with Gasteiger partial charge < -0.3 is 15.5 Å². The molecule has 0 amide bonds. The molecule has 0 aliphatic carbocycles. The van der Waals surface area contributed by atoms with E-state index in [-0.39, 0.29) is 5.95 Å². The number of halogens is 1. The molecule has 6 heteroatoms. The van der Waals surface area contributed by atoms with Gasteiger partial charge in [-0.05, 0) is 20.0 Å². The quantitative estimate of drug-likeness (QED) is 0.739. The second kappa shape index (κ2) is 4.84. The minimum absolute atomic E-state index is 0.236.